The van der Waals surface area contributed by atoms with Gasteiger partial charge in [0.2, 0.25) is 5.91 Å². The summed E-state index contributed by atoms with van der Waals surface area (Å²) in [7, 11) is -8.99. The molecule has 1 heterocycles. The van der Waals surface area contributed by atoms with E-state index in [2.05, 4.69) is 20.6 Å². The predicted octanol–water partition coefficient (Wildman–Crippen LogP) is -8.10. The fraction of sp³-hybridized carbons (Fsp3) is 0.769. The molecule has 2 fully saturated rings. The number of unbranched alkanes of at least 4 members (excludes halogenated alkanes) is 1. The van der Waals surface area contributed by atoms with Gasteiger partial charge in [-0.15, -0.1) is 28.3 Å². The van der Waals surface area contributed by atoms with Gasteiger partial charge in [0, 0.05) is 24.7 Å². The van der Waals surface area contributed by atoms with E-state index in [0.29, 0.717) is 45.2 Å². The van der Waals surface area contributed by atoms with Crippen molar-refractivity contribution in [2.24, 2.45) is 10.2 Å². The van der Waals surface area contributed by atoms with Crippen LogP contribution in [0.4, 0.5) is 5.82 Å². The molecule has 0 aliphatic heterocycles. The van der Waals surface area contributed by atoms with Gasteiger partial charge in [0.05, 0.1) is 60.6 Å². The van der Waals surface area contributed by atoms with Crippen molar-refractivity contribution >= 4 is 61.1 Å². The van der Waals surface area contributed by atoms with Crippen LogP contribution in [0.3, 0.4) is 0 Å². The van der Waals surface area contributed by atoms with E-state index < -0.39 is 66.1 Å². The van der Waals surface area contributed by atoms with Gasteiger partial charge in [-0.2, -0.15) is 15.5 Å². The second kappa shape index (κ2) is 24.2. The first-order valence-corrected chi connectivity index (χ1v) is 18.7. The molecule has 1 N–H and O–H groups in total. The maximum absolute atomic E-state index is 12.1. The zero-order valence-corrected chi connectivity index (χ0v) is 40.5. The van der Waals surface area contributed by atoms with Crippen LogP contribution in [-0.4, -0.2) is 105 Å². The molecular weight excluding hydrogens is 807 g/mol. The van der Waals surface area contributed by atoms with Gasteiger partial charge in [0.25, 0.3) is 0 Å². The van der Waals surface area contributed by atoms with E-state index in [1.165, 1.54) is 17.8 Å². The number of carboxylic acid groups (broad SMARTS) is 1. The van der Waals surface area contributed by atoms with Crippen molar-refractivity contribution in [2.75, 3.05) is 18.8 Å². The smallest absolute Gasteiger partial charge is 0.748 e. The van der Waals surface area contributed by atoms with Crippen molar-refractivity contribution in [2.45, 2.75) is 105 Å². The molecule has 1 aromatic rings. The molecule has 0 aromatic carbocycles. The number of nitrogens with zero attached hydrogens (tertiary/aromatic N) is 6. The van der Waals surface area contributed by atoms with E-state index in [1.54, 1.807) is 0 Å². The summed E-state index contributed by atoms with van der Waals surface area (Å²) in [4.78, 5) is 25.2. The number of aromatic nitrogens is 2. The van der Waals surface area contributed by atoms with Gasteiger partial charge < -0.3 is 29.2 Å². The Balaban J connectivity index is 0.00000768. The zero-order chi connectivity index (χ0) is 34.2. The van der Waals surface area contributed by atoms with Crippen LogP contribution >= 0.6 is 23.2 Å². The van der Waals surface area contributed by atoms with E-state index >= 15 is 0 Å². The summed E-state index contributed by atoms with van der Waals surface area (Å²) < 4.78 is 69.2. The number of amides is 1. The average molecular weight is 843 g/mol. The van der Waals surface area contributed by atoms with Crippen molar-refractivity contribution < 1.29 is 195 Å². The first kappa shape index (κ1) is 51.5. The van der Waals surface area contributed by atoms with Crippen molar-refractivity contribution in [1.82, 2.24) is 20.0 Å². The molecule has 5 atom stereocenters. The van der Waals surface area contributed by atoms with Crippen LogP contribution < -0.4 is 165 Å². The Morgan fingerprint density at radius 1 is 1.06 bits per heavy atom. The number of carbonyl (C=O) groups is 2. The monoisotopic (exact) mass is 841 g/mol. The first-order chi connectivity index (χ1) is 21.5. The summed E-state index contributed by atoms with van der Waals surface area (Å²) in [5.41, 5.74) is 0.0546. The van der Waals surface area contributed by atoms with Crippen molar-refractivity contribution in [3.8, 4) is 6.07 Å². The van der Waals surface area contributed by atoms with E-state index in [0.717, 1.165) is 0 Å². The van der Waals surface area contributed by atoms with Crippen LogP contribution in [0.15, 0.2) is 16.4 Å². The molecule has 0 bridgehead atoms. The summed E-state index contributed by atoms with van der Waals surface area (Å²) >= 11 is 13.0. The Kier molecular flexibility index (Phi) is 25.5. The number of nitrogens with one attached hydrogen (secondary N) is 1. The summed E-state index contributed by atoms with van der Waals surface area (Å²) in [6, 6.07) is 0.00941. The second-order valence-corrected chi connectivity index (χ2v) is 15.9. The van der Waals surface area contributed by atoms with Crippen LogP contribution in [0.5, 0.6) is 0 Å². The standard InChI is InChI=1S/C26H39Cl2N7O9S2.3K/c1-16(36)31-23-11-18(34(9-4-5-24(37)38)8-2-3-10-45(39,40)41)6-7-22(23)32-33-26-17(14-29)15-30-35(26)25-20(27)12-19(13-21(25)28)46(42,43)44;;;/h15,18-23,25H,2-13H2,1H3,(H,31,36)(H,37,38)(H,39,40,41)(H,42,43,44);;;/q;3*+1/p-3. The van der Waals surface area contributed by atoms with Gasteiger partial charge in [-0.05, 0) is 70.9 Å². The minimum atomic E-state index is -4.63. The number of carboxylic acids is 1. The SMILES string of the molecule is CC(=O)NC1CC(N(CCCCS(=O)(=O)[O-])CCCC(=O)[O-])CCC1N=Nc1c(C#N)cnn1C1C(Cl)CC(S(=O)(=O)[O-])CC1Cl.[K+].[K+].[K+]. The maximum atomic E-state index is 12.1. The maximum Gasteiger partial charge on any atom is 1.00 e. The van der Waals surface area contributed by atoms with Crippen molar-refractivity contribution in [1.29, 1.82) is 5.26 Å². The molecule has 49 heavy (non-hydrogen) atoms. The summed E-state index contributed by atoms with van der Waals surface area (Å²) in [5, 5.41) is 33.5. The average Bonchev–Trinajstić information content (AvgIpc) is 3.34. The number of rotatable bonds is 15. The summed E-state index contributed by atoms with van der Waals surface area (Å²) in [5.74, 6) is -1.99. The summed E-state index contributed by atoms with van der Waals surface area (Å²) in [6.07, 6.45) is 2.99. The van der Waals surface area contributed by atoms with Gasteiger partial charge in [0.1, 0.15) is 11.6 Å². The van der Waals surface area contributed by atoms with Gasteiger partial charge >= 0.3 is 154 Å². The molecule has 1 amide bonds. The Morgan fingerprint density at radius 3 is 2.20 bits per heavy atom. The van der Waals surface area contributed by atoms with Crippen LogP contribution in [0, 0.1) is 11.3 Å². The van der Waals surface area contributed by atoms with Gasteiger partial charge in [-0.25, -0.2) is 21.5 Å². The zero-order valence-electron chi connectivity index (χ0n) is 28.0. The molecule has 3 rings (SSSR count). The van der Waals surface area contributed by atoms with Crippen LogP contribution in [0.25, 0.3) is 0 Å². The number of azo groups is 1. The molecule has 16 nitrogen and oxygen atoms in total. The third-order valence-corrected chi connectivity index (χ3v) is 11.1. The minimum Gasteiger partial charge on any atom is -0.748 e. The van der Waals surface area contributed by atoms with Crippen molar-refractivity contribution in [3.05, 3.63) is 11.8 Å². The molecule has 5 unspecified atom stereocenters. The van der Waals surface area contributed by atoms with Crippen LogP contribution in [0.2, 0.25) is 0 Å². The van der Waals surface area contributed by atoms with E-state index in [-0.39, 0.29) is 203 Å². The molecule has 2 saturated carbocycles. The quantitative estimate of drug-likeness (QED) is 0.0569. The molecule has 0 spiro atoms. The number of hydrogen-bond acceptors (Lipinski definition) is 14. The normalized spacial score (nSPS) is 25.8. The van der Waals surface area contributed by atoms with E-state index in [9.17, 15) is 45.9 Å². The van der Waals surface area contributed by atoms with Crippen LogP contribution in [0.1, 0.15) is 76.3 Å². The Bertz CT molecular complexity index is 1520. The third-order valence-electron chi connectivity index (χ3n) is 8.21. The topological polar surface area (TPSA) is 253 Å². The van der Waals surface area contributed by atoms with Gasteiger partial charge in [-0.3, -0.25) is 4.79 Å². The van der Waals surface area contributed by atoms with E-state index in [1.807, 2.05) is 11.0 Å². The molecule has 1 aromatic heterocycles. The van der Waals surface area contributed by atoms with Gasteiger partial charge in [-0.1, -0.05) is 0 Å². The summed E-state index contributed by atoms with van der Waals surface area (Å²) in [6.45, 7) is 2.13. The Labute approximate surface area is 424 Å². The third kappa shape index (κ3) is 17.0. The second-order valence-electron chi connectivity index (χ2n) is 11.6. The van der Waals surface area contributed by atoms with E-state index in [4.69, 9.17) is 23.2 Å². The first-order valence-electron chi connectivity index (χ1n) is 14.8. The molecule has 258 valence electrons. The number of alkyl halides is 2. The van der Waals surface area contributed by atoms with Crippen molar-refractivity contribution in [3.63, 3.8) is 0 Å². The largest absolute Gasteiger partial charge is 1.00 e. The molecule has 2 aliphatic rings. The fourth-order valence-electron chi connectivity index (χ4n) is 6.04. The number of nitriles is 1. The molecule has 23 heteroatoms. The minimum absolute atomic E-state index is 0. The van der Waals surface area contributed by atoms with Gasteiger partial charge in [0.15, 0.2) is 5.82 Å². The molecule has 0 saturated heterocycles. The Morgan fingerprint density at radius 2 is 1.67 bits per heavy atom. The number of aliphatic carboxylic acids is 1. The molecule has 2 aliphatic carbocycles. The molecule has 0 radical (unpaired) electrons. The number of hydrogen-bond donors (Lipinski definition) is 1. The predicted molar refractivity (Wildman–Crippen MR) is 161 cm³/mol. The number of carbonyl (C=O) groups excluding carboxylic acids is 2. The fourth-order valence-corrected chi connectivity index (χ4v) is 8.77. The molecular formula is C26H36Cl2K3N7O9S2. The Hall–Kier alpha value is 2.51. The van der Waals surface area contributed by atoms with Crippen LogP contribution in [-0.2, 0) is 29.8 Å². The number of halogens is 2.